The van der Waals surface area contributed by atoms with Crippen LogP contribution in [-0.4, -0.2) is 25.1 Å². The summed E-state index contributed by atoms with van der Waals surface area (Å²) >= 11 is 0. The number of likely N-dealkylation sites (tertiary alicyclic amines) is 1. The average molecular weight is 265 g/mol. The Morgan fingerprint density at radius 1 is 1.21 bits per heavy atom. The second kappa shape index (κ2) is 6.38. The summed E-state index contributed by atoms with van der Waals surface area (Å²) < 4.78 is 19.5. The molecule has 3 heteroatoms. The van der Waals surface area contributed by atoms with Crippen molar-refractivity contribution in [1.82, 2.24) is 4.90 Å². The smallest absolute Gasteiger partial charge is 0.127 e. The summed E-state index contributed by atoms with van der Waals surface area (Å²) in [7, 11) is 1.66. The predicted octanol–water partition coefficient (Wildman–Crippen LogP) is 3.94. The van der Waals surface area contributed by atoms with E-state index >= 15 is 0 Å². The van der Waals surface area contributed by atoms with Gasteiger partial charge < -0.3 is 4.74 Å². The molecule has 0 N–H and O–H groups in total. The first-order chi connectivity index (χ1) is 9.11. The molecule has 0 aromatic heterocycles. The van der Waals surface area contributed by atoms with E-state index in [0.29, 0.717) is 0 Å². The number of hydrogen-bond donors (Lipinski definition) is 0. The van der Waals surface area contributed by atoms with Crippen LogP contribution in [0.25, 0.3) is 0 Å². The van der Waals surface area contributed by atoms with E-state index < -0.39 is 0 Å². The fraction of sp³-hybridized carbons (Fsp3) is 0.625. The summed E-state index contributed by atoms with van der Waals surface area (Å²) in [6, 6.07) is 3.52. The summed E-state index contributed by atoms with van der Waals surface area (Å²) in [5.74, 6) is 0.886. The lowest BCUT2D eigenvalue weighted by molar-refractivity contribution is 0.218. The minimum atomic E-state index is -0.109. The number of piperidine rings is 1. The Labute approximate surface area is 115 Å². The largest absolute Gasteiger partial charge is 0.496 e. The molecule has 1 aromatic rings. The molecule has 19 heavy (non-hydrogen) atoms. The van der Waals surface area contributed by atoms with Gasteiger partial charge in [0.05, 0.1) is 7.11 Å². The van der Waals surface area contributed by atoms with E-state index in [4.69, 9.17) is 4.74 Å². The lowest BCUT2D eigenvalue weighted by Gasteiger charge is -2.27. The van der Waals surface area contributed by atoms with Gasteiger partial charge in [-0.2, -0.15) is 0 Å². The molecule has 1 aliphatic rings. The van der Waals surface area contributed by atoms with Crippen molar-refractivity contribution in [2.24, 2.45) is 0 Å². The highest BCUT2D eigenvalue weighted by Gasteiger charge is 2.16. The molecule has 0 unspecified atom stereocenters. The van der Waals surface area contributed by atoms with Crippen LogP contribution in [0, 0.1) is 5.82 Å². The first kappa shape index (κ1) is 14.3. The van der Waals surface area contributed by atoms with Crippen molar-refractivity contribution < 1.29 is 9.13 Å². The number of rotatable bonds is 4. The lowest BCUT2D eigenvalue weighted by Crippen LogP contribution is -2.29. The zero-order valence-electron chi connectivity index (χ0n) is 12.2. The standard InChI is InChI=1S/C16H24FNO/c1-12(2)14-10-16(19-3)13(9-15(14)17)11-18-7-5-4-6-8-18/h9-10,12H,4-8,11H2,1-3H3. The van der Waals surface area contributed by atoms with Gasteiger partial charge in [-0.25, -0.2) is 4.39 Å². The third kappa shape index (κ3) is 3.47. The van der Waals surface area contributed by atoms with Gasteiger partial charge >= 0.3 is 0 Å². The van der Waals surface area contributed by atoms with Crippen molar-refractivity contribution >= 4 is 0 Å². The van der Waals surface area contributed by atoms with E-state index in [1.807, 2.05) is 19.9 Å². The Bertz CT molecular complexity index is 425. The summed E-state index contributed by atoms with van der Waals surface area (Å²) in [5.41, 5.74) is 1.70. The van der Waals surface area contributed by atoms with Gasteiger partial charge in [-0.15, -0.1) is 0 Å². The fourth-order valence-corrected chi connectivity index (χ4v) is 2.72. The van der Waals surface area contributed by atoms with Gasteiger partial charge in [-0.1, -0.05) is 20.3 Å². The maximum absolute atomic E-state index is 14.1. The van der Waals surface area contributed by atoms with Gasteiger partial charge in [0, 0.05) is 12.1 Å². The molecule has 0 aliphatic carbocycles. The van der Waals surface area contributed by atoms with Crippen LogP contribution in [0.15, 0.2) is 12.1 Å². The zero-order chi connectivity index (χ0) is 13.8. The van der Waals surface area contributed by atoms with E-state index in [1.165, 1.54) is 19.3 Å². The van der Waals surface area contributed by atoms with E-state index in [-0.39, 0.29) is 11.7 Å². The molecular formula is C16H24FNO. The number of nitrogens with zero attached hydrogens (tertiary/aromatic N) is 1. The summed E-state index contributed by atoms with van der Waals surface area (Å²) in [4.78, 5) is 2.38. The minimum absolute atomic E-state index is 0.109. The van der Waals surface area contributed by atoms with Gasteiger partial charge in [-0.05, 0) is 49.5 Å². The third-order valence-corrected chi connectivity index (χ3v) is 3.86. The number of halogens is 1. The summed E-state index contributed by atoms with van der Waals surface area (Å²) in [6.45, 7) is 7.01. The highest BCUT2D eigenvalue weighted by atomic mass is 19.1. The molecule has 0 amide bonds. The van der Waals surface area contributed by atoms with Crippen molar-refractivity contribution in [1.29, 1.82) is 0 Å². The molecule has 1 saturated heterocycles. The molecule has 1 heterocycles. The van der Waals surface area contributed by atoms with Crippen LogP contribution in [0.1, 0.15) is 50.2 Å². The second-order valence-corrected chi connectivity index (χ2v) is 5.68. The van der Waals surface area contributed by atoms with Crippen molar-refractivity contribution in [2.75, 3.05) is 20.2 Å². The Balaban J connectivity index is 2.21. The number of benzene rings is 1. The topological polar surface area (TPSA) is 12.5 Å². The van der Waals surface area contributed by atoms with E-state index in [9.17, 15) is 4.39 Å². The monoisotopic (exact) mass is 265 g/mol. The van der Waals surface area contributed by atoms with Gasteiger partial charge in [0.2, 0.25) is 0 Å². The van der Waals surface area contributed by atoms with E-state index in [2.05, 4.69) is 4.90 Å². The van der Waals surface area contributed by atoms with Crippen molar-refractivity contribution in [3.05, 3.63) is 29.1 Å². The van der Waals surface area contributed by atoms with Crippen LogP contribution in [0.4, 0.5) is 4.39 Å². The molecule has 0 saturated carbocycles. The average Bonchev–Trinajstić information content (AvgIpc) is 2.39. The highest BCUT2D eigenvalue weighted by Crippen LogP contribution is 2.29. The lowest BCUT2D eigenvalue weighted by atomic mass is 9.99. The predicted molar refractivity (Wildman–Crippen MR) is 76.2 cm³/mol. The first-order valence-electron chi connectivity index (χ1n) is 7.20. The summed E-state index contributed by atoms with van der Waals surface area (Å²) in [5, 5.41) is 0. The Morgan fingerprint density at radius 2 is 1.89 bits per heavy atom. The van der Waals surface area contributed by atoms with Crippen LogP contribution in [0.5, 0.6) is 5.75 Å². The molecule has 1 aromatic carbocycles. The molecule has 2 nitrogen and oxygen atoms in total. The van der Waals surface area contributed by atoms with Crippen LogP contribution in [0.2, 0.25) is 0 Å². The zero-order valence-corrected chi connectivity index (χ0v) is 12.2. The SMILES string of the molecule is COc1cc(C(C)C)c(F)cc1CN1CCCCC1. The van der Waals surface area contributed by atoms with Gasteiger partial charge in [-0.3, -0.25) is 4.90 Å². The Hall–Kier alpha value is -1.09. The molecule has 0 radical (unpaired) electrons. The molecule has 106 valence electrons. The molecule has 2 rings (SSSR count). The molecule has 1 aliphatic heterocycles. The molecular weight excluding hydrogens is 241 g/mol. The molecule has 0 atom stereocenters. The van der Waals surface area contributed by atoms with E-state index in [1.54, 1.807) is 13.2 Å². The van der Waals surface area contributed by atoms with E-state index in [0.717, 1.165) is 36.5 Å². The first-order valence-corrected chi connectivity index (χ1v) is 7.20. The van der Waals surface area contributed by atoms with Crippen molar-refractivity contribution in [2.45, 2.75) is 45.6 Å². The van der Waals surface area contributed by atoms with Gasteiger partial charge in [0.1, 0.15) is 11.6 Å². The van der Waals surface area contributed by atoms with Crippen LogP contribution < -0.4 is 4.74 Å². The highest BCUT2D eigenvalue weighted by molar-refractivity contribution is 5.39. The van der Waals surface area contributed by atoms with Gasteiger partial charge in [0.15, 0.2) is 0 Å². The number of hydrogen-bond acceptors (Lipinski definition) is 2. The molecule has 1 fully saturated rings. The number of methoxy groups -OCH3 is 1. The Morgan fingerprint density at radius 3 is 2.47 bits per heavy atom. The number of ether oxygens (including phenoxy) is 1. The Kier molecular flexibility index (Phi) is 4.81. The normalized spacial score (nSPS) is 16.9. The van der Waals surface area contributed by atoms with Gasteiger partial charge in [0.25, 0.3) is 0 Å². The van der Waals surface area contributed by atoms with Crippen molar-refractivity contribution in [3.8, 4) is 5.75 Å². The second-order valence-electron chi connectivity index (χ2n) is 5.68. The maximum Gasteiger partial charge on any atom is 0.127 e. The summed E-state index contributed by atoms with van der Waals surface area (Å²) in [6.07, 6.45) is 3.80. The van der Waals surface area contributed by atoms with Crippen LogP contribution >= 0.6 is 0 Å². The van der Waals surface area contributed by atoms with Crippen molar-refractivity contribution in [3.63, 3.8) is 0 Å². The van der Waals surface area contributed by atoms with Crippen LogP contribution in [-0.2, 0) is 6.54 Å². The molecule has 0 bridgehead atoms. The maximum atomic E-state index is 14.1. The van der Waals surface area contributed by atoms with Crippen LogP contribution in [0.3, 0.4) is 0 Å². The molecule has 0 spiro atoms. The third-order valence-electron chi connectivity index (χ3n) is 3.86. The minimum Gasteiger partial charge on any atom is -0.496 e. The quantitative estimate of drug-likeness (QED) is 0.817. The fourth-order valence-electron chi connectivity index (χ4n) is 2.72.